The van der Waals surface area contributed by atoms with E-state index in [1.165, 1.54) is 12.8 Å². The SMILES string of the molecule is CC1CCN(c2ccc(C=O)o2)C(C)C1. The summed E-state index contributed by atoms with van der Waals surface area (Å²) in [5.41, 5.74) is 0. The van der Waals surface area contributed by atoms with E-state index in [9.17, 15) is 4.79 Å². The molecule has 0 amide bonds. The van der Waals surface area contributed by atoms with Gasteiger partial charge in [0.1, 0.15) is 0 Å². The summed E-state index contributed by atoms with van der Waals surface area (Å²) in [4.78, 5) is 12.8. The van der Waals surface area contributed by atoms with Crippen LogP contribution in [0.1, 0.15) is 37.2 Å². The highest BCUT2D eigenvalue weighted by Crippen LogP contribution is 2.28. The molecular formula is C12H17NO2. The van der Waals surface area contributed by atoms with Crippen molar-refractivity contribution in [3.8, 4) is 0 Å². The van der Waals surface area contributed by atoms with E-state index in [0.29, 0.717) is 11.8 Å². The highest BCUT2D eigenvalue weighted by molar-refractivity contribution is 5.71. The van der Waals surface area contributed by atoms with Crippen LogP contribution in [0.3, 0.4) is 0 Å². The molecule has 3 nitrogen and oxygen atoms in total. The molecule has 1 aliphatic heterocycles. The molecule has 1 aromatic heterocycles. The number of rotatable bonds is 2. The highest BCUT2D eigenvalue weighted by atomic mass is 16.4. The van der Waals surface area contributed by atoms with Crippen molar-refractivity contribution >= 4 is 12.2 Å². The Labute approximate surface area is 90.1 Å². The van der Waals surface area contributed by atoms with Gasteiger partial charge in [-0.25, -0.2) is 0 Å². The molecule has 0 N–H and O–H groups in total. The first-order valence-corrected chi connectivity index (χ1v) is 5.52. The Morgan fingerprint density at radius 1 is 1.47 bits per heavy atom. The zero-order valence-corrected chi connectivity index (χ0v) is 9.27. The number of carbonyl (C=O) groups is 1. The third-order valence-corrected chi connectivity index (χ3v) is 3.15. The number of nitrogens with zero attached hydrogens (tertiary/aromatic N) is 1. The Kier molecular flexibility index (Phi) is 2.80. The first-order valence-electron chi connectivity index (χ1n) is 5.52. The lowest BCUT2D eigenvalue weighted by atomic mass is 9.93. The van der Waals surface area contributed by atoms with Crippen LogP contribution >= 0.6 is 0 Å². The van der Waals surface area contributed by atoms with Crippen LogP contribution in [0.15, 0.2) is 16.5 Å². The largest absolute Gasteiger partial charge is 0.438 e. The Balaban J connectivity index is 2.12. The maximum absolute atomic E-state index is 10.5. The predicted octanol–water partition coefficient (Wildman–Crippen LogP) is 2.72. The molecule has 0 spiro atoms. The van der Waals surface area contributed by atoms with Gasteiger partial charge in [-0.3, -0.25) is 4.79 Å². The van der Waals surface area contributed by atoms with Crippen molar-refractivity contribution in [2.45, 2.75) is 32.7 Å². The summed E-state index contributed by atoms with van der Waals surface area (Å²) in [6, 6.07) is 4.11. The number of piperidine rings is 1. The summed E-state index contributed by atoms with van der Waals surface area (Å²) >= 11 is 0. The minimum atomic E-state index is 0.413. The Morgan fingerprint density at radius 2 is 2.27 bits per heavy atom. The monoisotopic (exact) mass is 207 g/mol. The minimum Gasteiger partial charge on any atom is -0.438 e. The highest BCUT2D eigenvalue weighted by Gasteiger charge is 2.24. The summed E-state index contributed by atoms with van der Waals surface area (Å²) in [6.45, 7) is 5.51. The Hall–Kier alpha value is -1.25. The maximum atomic E-state index is 10.5. The van der Waals surface area contributed by atoms with Crippen molar-refractivity contribution < 1.29 is 9.21 Å². The molecule has 82 valence electrons. The van der Waals surface area contributed by atoms with Gasteiger partial charge in [0.2, 0.25) is 0 Å². The molecule has 1 fully saturated rings. The maximum Gasteiger partial charge on any atom is 0.196 e. The zero-order chi connectivity index (χ0) is 10.8. The molecule has 1 saturated heterocycles. The van der Waals surface area contributed by atoms with Gasteiger partial charge >= 0.3 is 0 Å². The average molecular weight is 207 g/mol. The van der Waals surface area contributed by atoms with Crippen molar-refractivity contribution in [2.75, 3.05) is 11.4 Å². The van der Waals surface area contributed by atoms with E-state index < -0.39 is 0 Å². The summed E-state index contributed by atoms with van der Waals surface area (Å²) < 4.78 is 5.44. The molecule has 2 atom stereocenters. The molecular weight excluding hydrogens is 190 g/mol. The van der Waals surface area contributed by atoms with Crippen molar-refractivity contribution in [2.24, 2.45) is 5.92 Å². The van der Waals surface area contributed by atoms with Crippen LogP contribution in [0.4, 0.5) is 5.88 Å². The molecule has 2 rings (SSSR count). The van der Waals surface area contributed by atoms with Gasteiger partial charge in [-0.05, 0) is 31.7 Å². The summed E-state index contributed by atoms with van der Waals surface area (Å²) in [5.74, 6) is 2.03. The molecule has 1 aromatic rings. The number of hydrogen-bond acceptors (Lipinski definition) is 3. The predicted molar refractivity (Wildman–Crippen MR) is 59.3 cm³/mol. The second-order valence-corrected chi connectivity index (χ2v) is 4.47. The number of furan rings is 1. The molecule has 0 aliphatic carbocycles. The number of hydrogen-bond donors (Lipinski definition) is 0. The van der Waals surface area contributed by atoms with E-state index in [1.807, 2.05) is 6.07 Å². The lowest BCUT2D eigenvalue weighted by Crippen LogP contribution is -2.39. The second-order valence-electron chi connectivity index (χ2n) is 4.47. The summed E-state index contributed by atoms with van der Waals surface area (Å²) in [6.07, 6.45) is 3.14. The van der Waals surface area contributed by atoms with Crippen LogP contribution in [0, 0.1) is 5.92 Å². The zero-order valence-electron chi connectivity index (χ0n) is 9.27. The Morgan fingerprint density at radius 3 is 2.87 bits per heavy atom. The molecule has 2 heterocycles. The third-order valence-electron chi connectivity index (χ3n) is 3.15. The average Bonchev–Trinajstić information content (AvgIpc) is 2.66. The summed E-state index contributed by atoms with van der Waals surface area (Å²) in [7, 11) is 0. The van der Waals surface area contributed by atoms with Gasteiger partial charge < -0.3 is 9.32 Å². The minimum absolute atomic E-state index is 0.413. The van der Waals surface area contributed by atoms with Crippen molar-refractivity contribution in [3.05, 3.63) is 17.9 Å². The van der Waals surface area contributed by atoms with Gasteiger partial charge in [0.15, 0.2) is 17.9 Å². The molecule has 0 saturated carbocycles. The molecule has 0 bridgehead atoms. The molecule has 0 aromatic carbocycles. The second kappa shape index (κ2) is 4.09. The van der Waals surface area contributed by atoms with Crippen LogP contribution in [-0.2, 0) is 0 Å². The van der Waals surface area contributed by atoms with Crippen molar-refractivity contribution in [1.82, 2.24) is 0 Å². The van der Waals surface area contributed by atoms with Gasteiger partial charge in [0.25, 0.3) is 0 Å². The van der Waals surface area contributed by atoms with Crippen molar-refractivity contribution in [1.29, 1.82) is 0 Å². The Bertz CT molecular complexity index is 345. The summed E-state index contributed by atoms with van der Waals surface area (Å²) in [5, 5.41) is 0. The van der Waals surface area contributed by atoms with E-state index in [0.717, 1.165) is 24.6 Å². The van der Waals surface area contributed by atoms with Crippen LogP contribution in [0.25, 0.3) is 0 Å². The van der Waals surface area contributed by atoms with Gasteiger partial charge in [-0.15, -0.1) is 0 Å². The number of aldehydes is 1. The molecule has 2 unspecified atom stereocenters. The lowest BCUT2D eigenvalue weighted by Gasteiger charge is -2.36. The van der Waals surface area contributed by atoms with Gasteiger partial charge in [-0.2, -0.15) is 0 Å². The number of anilines is 1. The lowest BCUT2D eigenvalue weighted by molar-refractivity contribution is 0.110. The van der Waals surface area contributed by atoms with Crippen LogP contribution in [0.5, 0.6) is 0 Å². The molecule has 15 heavy (non-hydrogen) atoms. The fourth-order valence-electron chi connectivity index (χ4n) is 2.29. The topological polar surface area (TPSA) is 33.5 Å². The fourth-order valence-corrected chi connectivity index (χ4v) is 2.29. The first kappa shape index (κ1) is 10.3. The van der Waals surface area contributed by atoms with Crippen LogP contribution < -0.4 is 4.90 Å². The fraction of sp³-hybridized carbons (Fsp3) is 0.583. The van der Waals surface area contributed by atoms with Gasteiger partial charge in [-0.1, -0.05) is 6.92 Å². The third kappa shape index (κ3) is 2.06. The van der Waals surface area contributed by atoms with Crippen LogP contribution in [0.2, 0.25) is 0 Å². The van der Waals surface area contributed by atoms with E-state index in [4.69, 9.17) is 4.42 Å². The van der Waals surface area contributed by atoms with E-state index in [-0.39, 0.29) is 0 Å². The first-order chi connectivity index (χ1) is 7.20. The van der Waals surface area contributed by atoms with Gasteiger partial charge in [0, 0.05) is 18.7 Å². The number of carbonyl (C=O) groups excluding carboxylic acids is 1. The smallest absolute Gasteiger partial charge is 0.196 e. The van der Waals surface area contributed by atoms with E-state index in [2.05, 4.69) is 18.7 Å². The standard InChI is InChI=1S/C12H17NO2/c1-9-5-6-13(10(2)7-9)12-4-3-11(8-14)15-12/h3-4,8-10H,5-7H2,1-2H3. The molecule has 3 heteroatoms. The van der Waals surface area contributed by atoms with E-state index in [1.54, 1.807) is 6.07 Å². The normalized spacial score (nSPS) is 26.7. The van der Waals surface area contributed by atoms with Crippen LogP contribution in [-0.4, -0.2) is 18.9 Å². The van der Waals surface area contributed by atoms with Gasteiger partial charge in [0.05, 0.1) is 0 Å². The van der Waals surface area contributed by atoms with E-state index >= 15 is 0 Å². The van der Waals surface area contributed by atoms with Crippen molar-refractivity contribution in [3.63, 3.8) is 0 Å². The molecule has 1 aliphatic rings. The molecule has 0 radical (unpaired) electrons. The quantitative estimate of drug-likeness (QED) is 0.699.